The van der Waals surface area contributed by atoms with E-state index in [-0.39, 0.29) is 23.9 Å². The van der Waals surface area contributed by atoms with Crippen LogP contribution in [0.1, 0.15) is 35.2 Å². The fourth-order valence-corrected chi connectivity index (χ4v) is 2.08. The summed E-state index contributed by atoms with van der Waals surface area (Å²) in [6, 6.07) is 5.31. The number of rotatable bonds is 3. The van der Waals surface area contributed by atoms with E-state index in [0.717, 1.165) is 24.8 Å². The summed E-state index contributed by atoms with van der Waals surface area (Å²) in [6.07, 6.45) is 3.13. The number of benzene rings is 1. The smallest absolute Gasteiger partial charge is 0.251 e. The van der Waals surface area contributed by atoms with E-state index in [9.17, 15) is 4.79 Å². The van der Waals surface area contributed by atoms with Gasteiger partial charge in [-0.05, 0) is 43.9 Å². The van der Waals surface area contributed by atoms with Crippen LogP contribution < -0.4 is 11.1 Å². The lowest BCUT2D eigenvalue weighted by Crippen LogP contribution is -2.54. The van der Waals surface area contributed by atoms with Crippen LogP contribution in [0.4, 0.5) is 0 Å². The first kappa shape index (κ1) is 15.3. The van der Waals surface area contributed by atoms with Crippen molar-refractivity contribution in [2.24, 2.45) is 5.73 Å². The number of carbonyl (C=O) groups excluding carboxylic acids is 1. The molecule has 1 aliphatic carbocycles. The van der Waals surface area contributed by atoms with Crippen molar-refractivity contribution in [1.29, 1.82) is 0 Å². The average Bonchev–Trinajstić information content (AvgIpc) is 2.27. The molecule has 3 N–H and O–H groups in total. The first-order valence-corrected chi connectivity index (χ1v) is 6.21. The van der Waals surface area contributed by atoms with Gasteiger partial charge in [-0.15, -0.1) is 12.4 Å². The molecule has 0 aromatic heterocycles. The Hall–Kier alpha value is -0.770. The van der Waals surface area contributed by atoms with E-state index >= 15 is 0 Å². The van der Waals surface area contributed by atoms with Crippen LogP contribution in [0.2, 0.25) is 5.02 Å². The minimum atomic E-state index is -0.190. The van der Waals surface area contributed by atoms with Crippen molar-refractivity contribution in [3.05, 3.63) is 34.3 Å². The molecule has 0 saturated heterocycles. The maximum absolute atomic E-state index is 11.9. The van der Waals surface area contributed by atoms with Crippen LogP contribution in [0.25, 0.3) is 0 Å². The van der Waals surface area contributed by atoms with E-state index in [1.165, 1.54) is 0 Å². The number of hydrogen-bond acceptors (Lipinski definition) is 2. The molecule has 2 rings (SSSR count). The molecule has 3 nitrogen and oxygen atoms in total. The highest BCUT2D eigenvalue weighted by Gasteiger charge is 2.32. The molecule has 18 heavy (non-hydrogen) atoms. The maximum atomic E-state index is 11.9. The van der Waals surface area contributed by atoms with Gasteiger partial charge in [-0.25, -0.2) is 0 Å². The van der Waals surface area contributed by atoms with Gasteiger partial charge in [0.1, 0.15) is 0 Å². The molecular weight excluding hydrogens is 271 g/mol. The van der Waals surface area contributed by atoms with Gasteiger partial charge in [0.25, 0.3) is 5.91 Å². The average molecular weight is 289 g/mol. The summed E-state index contributed by atoms with van der Waals surface area (Å²) in [4.78, 5) is 11.9. The van der Waals surface area contributed by atoms with Crippen LogP contribution in [0.15, 0.2) is 18.2 Å². The molecule has 1 fully saturated rings. The van der Waals surface area contributed by atoms with E-state index in [4.69, 9.17) is 17.3 Å². The van der Waals surface area contributed by atoms with E-state index in [1.807, 2.05) is 13.0 Å². The first-order chi connectivity index (χ1) is 8.00. The Morgan fingerprint density at radius 1 is 1.50 bits per heavy atom. The number of amides is 1. The number of nitrogens with one attached hydrogen (secondary N) is 1. The van der Waals surface area contributed by atoms with E-state index < -0.39 is 0 Å². The number of nitrogens with two attached hydrogens (primary N) is 1. The fraction of sp³-hybridized carbons (Fsp3) is 0.462. The van der Waals surface area contributed by atoms with Gasteiger partial charge in [-0.2, -0.15) is 0 Å². The second-order valence-electron chi connectivity index (χ2n) is 4.86. The van der Waals surface area contributed by atoms with Crippen molar-refractivity contribution in [2.45, 2.75) is 31.7 Å². The lowest BCUT2D eigenvalue weighted by atomic mass is 9.78. The summed E-state index contributed by atoms with van der Waals surface area (Å²) >= 11 is 5.98. The molecule has 1 aromatic rings. The Kier molecular flexibility index (Phi) is 5.02. The van der Waals surface area contributed by atoms with Crippen LogP contribution in [0.5, 0.6) is 0 Å². The van der Waals surface area contributed by atoms with Crippen molar-refractivity contribution in [1.82, 2.24) is 5.32 Å². The SMILES string of the molecule is Cc1ccc(C(=O)NCC2(N)CCC2)cc1Cl.Cl. The van der Waals surface area contributed by atoms with Crippen LogP contribution in [-0.2, 0) is 0 Å². The predicted molar refractivity (Wildman–Crippen MR) is 76.5 cm³/mol. The van der Waals surface area contributed by atoms with Gasteiger partial charge in [0.2, 0.25) is 0 Å². The molecule has 0 heterocycles. The topological polar surface area (TPSA) is 55.1 Å². The van der Waals surface area contributed by atoms with Crippen molar-refractivity contribution < 1.29 is 4.79 Å². The maximum Gasteiger partial charge on any atom is 0.251 e. The van der Waals surface area contributed by atoms with Gasteiger partial charge < -0.3 is 11.1 Å². The molecule has 1 aromatic carbocycles. The van der Waals surface area contributed by atoms with Gasteiger partial charge >= 0.3 is 0 Å². The predicted octanol–water partition coefficient (Wildman–Crippen LogP) is 2.68. The van der Waals surface area contributed by atoms with E-state index in [0.29, 0.717) is 17.1 Å². The second kappa shape index (κ2) is 5.91. The molecule has 1 aliphatic rings. The Morgan fingerprint density at radius 3 is 2.67 bits per heavy atom. The molecule has 1 amide bonds. The zero-order chi connectivity index (χ0) is 12.5. The Balaban J connectivity index is 0.00000162. The third-order valence-corrected chi connectivity index (χ3v) is 3.79. The van der Waals surface area contributed by atoms with E-state index in [1.54, 1.807) is 12.1 Å². The zero-order valence-corrected chi connectivity index (χ0v) is 11.9. The highest BCUT2D eigenvalue weighted by molar-refractivity contribution is 6.31. The molecule has 100 valence electrons. The van der Waals surface area contributed by atoms with E-state index in [2.05, 4.69) is 5.32 Å². The molecule has 0 unspecified atom stereocenters. The molecule has 5 heteroatoms. The van der Waals surface area contributed by atoms with Gasteiger partial charge in [-0.1, -0.05) is 17.7 Å². The van der Waals surface area contributed by atoms with Crippen molar-refractivity contribution in [2.75, 3.05) is 6.54 Å². The minimum Gasteiger partial charge on any atom is -0.350 e. The molecule has 0 spiro atoms. The van der Waals surface area contributed by atoms with Crippen LogP contribution in [0, 0.1) is 6.92 Å². The normalized spacial score (nSPS) is 16.4. The number of hydrogen-bond donors (Lipinski definition) is 2. The number of halogens is 2. The Bertz CT molecular complexity index is 445. The second-order valence-corrected chi connectivity index (χ2v) is 5.27. The number of aryl methyl sites for hydroxylation is 1. The zero-order valence-electron chi connectivity index (χ0n) is 10.3. The molecule has 0 radical (unpaired) electrons. The standard InChI is InChI=1S/C13H17ClN2O.ClH/c1-9-3-4-10(7-11(9)14)12(17)16-8-13(15)5-2-6-13;/h3-4,7H,2,5-6,8,15H2,1H3,(H,16,17);1H. The summed E-state index contributed by atoms with van der Waals surface area (Å²) in [6.45, 7) is 2.45. The molecule has 0 atom stereocenters. The summed E-state index contributed by atoms with van der Waals surface area (Å²) in [7, 11) is 0. The van der Waals surface area contributed by atoms with Gasteiger partial charge in [0.15, 0.2) is 0 Å². The first-order valence-electron chi connectivity index (χ1n) is 5.83. The van der Waals surface area contributed by atoms with Gasteiger partial charge in [0.05, 0.1) is 0 Å². The molecule has 0 bridgehead atoms. The Labute approximate surface area is 118 Å². The third kappa shape index (κ3) is 3.37. The van der Waals surface area contributed by atoms with Crippen LogP contribution in [-0.4, -0.2) is 18.0 Å². The summed E-state index contributed by atoms with van der Waals surface area (Å²) < 4.78 is 0. The Morgan fingerprint density at radius 2 is 2.17 bits per heavy atom. The molecule has 0 aliphatic heterocycles. The largest absolute Gasteiger partial charge is 0.350 e. The van der Waals surface area contributed by atoms with Crippen LogP contribution >= 0.6 is 24.0 Å². The van der Waals surface area contributed by atoms with Crippen molar-refractivity contribution in [3.63, 3.8) is 0 Å². The van der Waals surface area contributed by atoms with Crippen molar-refractivity contribution >= 4 is 29.9 Å². The summed E-state index contributed by atoms with van der Waals surface area (Å²) in [5.41, 5.74) is 7.41. The number of carbonyl (C=O) groups is 1. The van der Waals surface area contributed by atoms with Gasteiger partial charge in [-0.3, -0.25) is 4.79 Å². The highest BCUT2D eigenvalue weighted by atomic mass is 35.5. The third-order valence-electron chi connectivity index (χ3n) is 3.38. The molecular formula is C13H18Cl2N2O. The summed E-state index contributed by atoms with van der Waals surface area (Å²) in [5, 5.41) is 3.48. The minimum absolute atomic E-state index is 0. The molecule has 1 saturated carbocycles. The lowest BCUT2D eigenvalue weighted by Gasteiger charge is -2.38. The quantitative estimate of drug-likeness (QED) is 0.899. The monoisotopic (exact) mass is 288 g/mol. The lowest BCUT2D eigenvalue weighted by molar-refractivity contribution is 0.0930. The van der Waals surface area contributed by atoms with Gasteiger partial charge in [0, 0.05) is 22.7 Å². The highest BCUT2D eigenvalue weighted by Crippen LogP contribution is 2.28. The van der Waals surface area contributed by atoms with Crippen LogP contribution in [0.3, 0.4) is 0 Å². The summed E-state index contributed by atoms with van der Waals surface area (Å²) in [5.74, 6) is -0.108. The van der Waals surface area contributed by atoms with Crippen molar-refractivity contribution in [3.8, 4) is 0 Å². The fourth-order valence-electron chi connectivity index (χ4n) is 1.90.